The van der Waals surface area contributed by atoms with Gasteiger partial charge in [0.1, 0.15) is 11.3 Å². The number of hydrogen-bond acceptors (Lipinski definition) is 5. The van der Waals surface area contributed by atoms with Crippen LogP contribution >= 0.6 is 0 Å². The maximum Gasteiger partial charge on any atom is 0.339 e. The number of aliphatic hydroxyl groups excluding tert-OH is 1. The van der Waals surface area contributed by atoms with Gasteiger partial charge in [-0.2, -0.15) is 8.42 Å². The molecule has 0 heterocycles. The second kappa shape index (κ2) is 5.87. The number of aromatic carboxylic acids is 1. The van der Waals surface area contributed by atoms with Gasteiger partial charge in [-0.15, -0.1) is 0 Å². The Bertz CT molecular complexity index is 518. The number of benzene rings is 1. The fourth-order valence-corrected chi connectivity index (χ4v) is 1.35. The van der Waals surface area contributed by atoms with Crippen molar-refractivity contribution in [3.05, 3.63) is 36.6 Å². The molecule has 0 aliphatic carbocycles. The molecule has 0 atom stereocenters. The number of phenols is 1. The van der Waals surface area contributed by atoms with E-state index in [9.17, 15) is 13.2 Å². The van der Waals surface area contributed by atoms with E-state index in [0.717, 1.165) is 18.4 Å². The van der Waals surface area contributed by atoms with E-state index in [2.05, 4.69) is 6.58 Å². The average Bonchev–Trinajstić information content (AvgIpc) is 2.17. The number of carboxylic acid groups (broad SMARTS) is 1. The fraction of sp³-hybridized carbons (Fsp3) is 0. The lowest BCUT2D eigenvalue weighted by atomic mass is 10.2. The van der Waals surface area contributed by atoms with E-state index in [0.29, 0.717) is 6.07 Å². The predicted molar refractivity (Wildman–Crippen MR) is 57.7 cm³/mol. The van der Waals surface area contributed by atoms with Crippen LogP contribution in [0, 0.1) is 0 Å². The Hall–Kier alpha value is -2.06. The second-order valence-electron chi connectivity index (χ2n) is 2.64. The molecule has 0 radical (unpaired) electrons. The van der Waals surface area contributed by atoms with E-state index in [1.165, 1.54) is 0 Å². The van der Waals surface area contributed by atoms with E-state index in [1.54, 1.807) is 0 Å². The van der Waals surface area contributed by atoms with Gasteiger partial charge < -0.3 is 15.3 Å². The molecule has 0 unspecified atom stereocenters. The molecule has 17 heavy (non-hydrogen) atoms. The molecule has 7 nitrogen and oxygen atoms in total. The standard InChI is InChI=1S/C7H6O6S.C2H4O/c8-6-2-1-4(14(11,12)13)3-5(6)7(9)10;1-2-3/h1-3,8H,(H,9,10)(H,11,12,13);2-3H,1H2. The first-order valence-electron chi connectivity index (χ1n) is 4.03. The highest BCUT2D eigenvalue weighted by molar-refractivity contribution is 7.85. The van der Waals surface area contributed by atoms with Crippen molar-refractivity contribution in [3.8, 4) is 5.75 Å². The molecule has 0 bridgehead atoms. The summed E-state index contributed by atoms with van der Waals surface area (Å²) >= 11 is 0. The van der Waals surface area contributed by atoms with Gasteiger partial charge in [0.05, 0.1) is 11.2 Å². The molecule has 1 aromatic carbocycles. The van der Waals surface area contributed by atoms with Crippen LogP contribution in [0.2, 0.25) is 0 Å². The summed E-state index contributed by atoms with van der Waals surface area (Å²) in [6.07, 6.45) is 0.750. The monoisotopic (exact) mass is 262 g/mol. The van der Waals surface area contributed by atoms with Crippen LogP contribution in [0.4, 0.5) is 0 Å². The summed E-state index contributed by atoms with van der Waals surface area (Å²) in [5.74, 6) is -2.04. The Morgan fingerprint density at radius 3 is 2.18 bits per heavy atom. The van der Waals surface area contributed by atoms with Crippen molar-refractivity contribution in [2.75, 3.05) is 0 Å². The first-order valence-corrected chi connectivity index (χ1v) is 5.47. The number of hydrogen-bond donors (Lipinski definition) is 4. The molecular weight excluding hydrogens is 252 g/mol. The summed E-state index contributed by atoms with van der Waals surface area (Å²) in [6, 6.07) is 2.46. The van der Waals surface area contributed by atoms with Crippen molar-refractivity contribution in [3.63, 3.8) is 0 Å². The van der Waals surface area contributed by atoms with Crippen LogP contribution in [0.15, 0.2) is 35.9 Å². The Morgan fingerprint density at radius 1 is 1.35 bits per heavy atom. The van der Waals surface area contributed by atoms with Gasteiger partial charge in [0.25, 0.3) is 10.1 Å². The van der Waals surface area contributed by atoms with Gasteiger partial charge in [-0.05, 0) is 18.2 Å². The topological polar surface area (TPSA) is 132 Å². The van der Waals surface area contributed by atoms with Crippen molar-refractivity contribution in [2.45, 2.75) is 4.90 Å². The molecule has 0 aliphatic heterocycles. The number of carbonyl (C=O) groups is 1. The lowest BCUT2D eigenvalue weighted by Gasteiger charge is -2.01. The van der Waals surface area contributed by atoms with Crippen molar-refractivity contribution in [1.82, 2.24) is 0 Å². The minimum atomic E-state index is -4.45. The lowest BCUT2D eigenvalue weighted by Crippen LogP contribution is -2.02. The van der Waals surface area contributed by atoms with E-state index < -0.39 is 32.3 Å². The molecule has 1 aromatic rings. The van der Waals surface area contributed by atoms with Gasteiger partial charge in [0.15, 0.2) is 0 Å². The van der Waals surface area contributed by atoms with Crippen molar-refractivity contribution < 1.29 is 33.1 Å². The summed E-state index contributed by atoms with van der Waals surface area (Å²) in [5.41, 5.74) is -0.583. The summed E-state index contributed by atoms with van der Waals surface area (Å²) in [4.78, 5) is 9.89. The van der Waals surface area contributed by atoms with Gasteiger partial charge in [0.2, 0.25) is 0 Å². The zero-order valence-electron chi connectivity index (χ0n) is 8.44. The van der Waals surface area contributed by atoms with E-state index in [-0.39, 0.29) is 0 Å². The van der Waals surface area contributed by atoms with Crippen LogP contribution in [-0.4, -0.2) is 34.3 Å². The number of carboxylic acids is 1. The first kappa shape index (κ1) is 14.9. The Kier molecular flexibility index (Phi) is 5.16. The smallest absolute Gasteiger partial charge is 0.339 e. The molecule has 1 rings (SSSR count). The third-order valence-corrected chi connectivity index (χ3v) is 2.35. The van der Waals surface area contributed by atoms with Gasteiger partial charge in [-0.25, -0.2) is 4.79 Å². The fourth-order valence-electron chi connectivity index (χ4n) is 0.847. The molecule has 4 N–H and O–H groups in total. The Labute approximate surface area is 97.0 Å². The highest BCUT2D eigenvalue weighted by atomic mass is 32.2. The molecular formula is C9H10O7S. The number of rotatable bonds is 2. The third kappa shape index (κ3) is 4.53. The molecule has 0 amide bonds. The molecule has 0 aliphatic rings. The van der Waals surface area contributed by atoms with E-state index in [4.69, 9.17) is 19.9 Å². The number of aromatic hydroxyl groups is 1. The maximum atomic E-state index is 10.6. The highest BCUT2D eigenvalue weighted by Gasteiger charge is 2.16. The molecule has 0 saturated heterocycles. The minimum Gasteiger partial charge on any atom is -0.516 e. The summed E-state index contributed by atoms with van der Waals surface area (Å²) in [6.45, 7) is 2.92. The van der Waals surface area contributed by atoms with Crippen LogP contribution in [0.25, 0.3) is 0 Å². The first-order chi connectivity index (χ1) is 7.73. The van der Waals surface area contributed by atoms with Crippen LogP contribution in [0.1, 0.15) is 10.4 Å². The molecule has 8 heteroatoms. The Balaban J connectivity index is 0.000000770. The van der Waals surface area contributed by atoms with E-state index in [1.807, 2.05) is 0 Å². The number of aliphatic hydroxyl groups is 1. The second-order valence-corrected chi connectivity index (χ2v) is 4.06. The summed E-state index contributed by atoms with van der Waals surface area (Å²) in [7, 11) is -4.45. The van der Waals surface area contributed by atoms with Crippen molar-refractivity contribution >= 4 is 16.1 Å². The largest absolute Gasteiger partial charge is 0.516 e. The van der Waals surface area contributed by atoms with Crippen LogP contribution in [0.5, 0.6) is 5.75 Å². The summed E-state index contributed by atoms with van der Waals surface area (Å²) < 4.78 is 29.8. The Morgan fingerprint density at radius 2 is 1.82 bits per heavy atom. The van der Waals surface area contributed by atoms with E-state index >= 15 is 0 Å². The highest BCUT2D eigenvalue weighted by Crippen LogP contribution is 2.20. The van der Waals surface area contributed by atoms with Gasteiger partial charge in [-0.3, -0.25) is 4.55 Å². The van der Waals surface area contributed by atoms with Crippen LogP contribution < -0.4 is 0 Å². The van der Waals surface area contributed by atoms with Gasteiger partial charge >= 0.3 is 5.97 Å². The maximum absolute atomic E-state index is 10.6. The minimum absolute atomic E-state index is 0.565. The quantitative estimate of drug-likeness (QED) is 0.462. The SMILES string of the molecule is C=CO.O=C(O)c1cc(S(=O)(=O)O)ccc1O. The average molecular weight is 262 g/mol. The predicted octanol–water partition coefficient (Wildman–Crippen LogP) is 1.02. The molecule has 0 aromatic heterocycles. The zero-order chi connectivity index (χ0) is 13.6. The molecule has 94 valence electrons. The molecule has 0 fully saturated rings. The lowest BCUT2D eigenvalue weighted by molar-refractivity contribution is 0.0693. The summed E-state index contributed by atoms with van der Waals surface area (Å²) in [5, 5.41) is 24.9. The van der Waals surface area contributed by atoms with Gasteiger partial charge in [0, 0.05) is 0 Å². The zero-order valence-corrected chi connectivity index (χ0v) is 9.25. The molecule has 0 spiro atoms. The van der Waals surface area contributed by atoms with Crippen LogP contribution in [-0.2, 0) is 10.1 Å². The normalized spacial score (nSPS) is 9.94. The van der Waals surface area contributed by atoms with Crippen LogP contribution in [0.3, 0.4) is 0 Å². The third-order valence-electron chi connectivity index (χ3n) is 1.50. The van der Waals surface area contributed by atoms with Gasteiger partial charge in [-0.1, -0.05) is 6.58 Å². The molecule has 0 saturated carbocycles. The van der Waals surface area contributed by atoms with Crippen molar-refractivity contribution in [1.29, 1.82) is 0 Å². The van der Waals surface area contributed by atoms with Crippen molar-refractivity contribution in [2.24, 2.45) is 0 Å².